The molecular formula is C17H18BrNO2. The SMILES string of the molecule is COc1ccc(C(=O)N(C)CCc2ccccc2)cc1Br. The minimum absolute atomic E-state index is 0.00860. The molecule has 2 aromatic carbocycles. The Hall–Kier alpha value is -1.81. The predicted octanol–water partition coefficient (Wildman–Crippen LogP) is 3.77. The van der Waals surface area contributed by atoms with Gasteiger partial charge < -0.3 is 9.64 Å². The van der Waals surface area contributed by atoms with E-state index in [2.05, 4.69) is 28.1 Å². The molecule has 3 nitrogen and oxygen atoms in total. The zero-order valence-electron chi connectivity index (χ0n) is 12.2. The monoisotopic (exact) mass is 347 g/mol. The fourth-order valence-electron chi connectivity index (χ4n) is 2.06. The Morgan fingerprint density at radius 3 is 2.52 bits per heavy atom. The van der Waals surface area contributed by atoms with Crippen molar-refractivity contribution in [2.24, 2.45) is 0 Å². The molecule has 1 amide bonds. The van der Waals surface area contributed by atoms with E-state index in [1.165, 1.54) is 5.56 Å². The van der Waals surface area contributed by atoms with Crippen molar-refractivity contribution in [1.29, 1.82) is 0 Å². The lowest BCUT2D eigenvalue weighted by atomic mass is 10.1. The van der Waals surface area contributed by atoms with Gasteiger partial charge in [0.05, 0.1) is 11.6 Å². The van der Waals surface area contributed by atoms with E-state index in [9.17, 15) is 4.79 Å². The number of halogens is 1. The second kappa shape index (κ2) is 7.27. The average molecular weight is 348 g/mol. The van der Waals surface area contributed by atoms with Crippen LogP contribution in [0, 0.1) is 0 Å². The maximum Gasteiger partial charge on any atom is 0.253 e. The minimum Gasteiger partial charge on any atom is -0.496 e. The smallest absolute Gasteiger partial charge is 0.253 e. The molecule has 0 aliphatic heterocycles. The molecule has 0 N–H and O–H groups in total. The number of likely N-dealkylation sites (N-methyl/N-ethyl adjacent to an activating group) is 1. The first kappa shape index (κ1) is 15.6. The summed E-state index contributed by atoms with van der Waals surface area (Å²) in [6.45, 7) is 0.687. The summed E-state index contributed by atoms with van der Waals surface area (Å²) in [6, 6.07) is 15.5. The fourth-order valence-corrected chi connectivity index (χ4v) is 2.60. The number of ether oxygens (including phenoxy) is 1. The molecule has 0 fully saturated rings. The molecule has 0 saturated carbocycles. The Bertz CT molecular complexity index is 613. The Morgan fingerprint density at radius 1 is 1.19 bits per heavy atom. The zero-order valence-corrected chi connectivity index (χ0v) is 13.8. The number of nitrogens with zero attached hydrogens (tertiary/aromatic N) is 1. The van der Waals surface area contributed by atoms with Crippen LogP contribution in [0.5, 0.6) is 5.75 Å². The maximum absolute atomic E-state index is 12.4. The van der Waals surface area contributed by atoms with Crippen LogP contribution in [0.25, 0.3) is 0 Å². The summed E-state index contributed by atoms with van der Waals surface area (Å²) in [5.74, 6) is 0.729. The highest BCUT2D eigenvalue weighted by Gasteiger charge is 2.13. The summed E-state index contributed by atoms with van der Waals surface area (Å²) in [5, 5.41) is 0. The van der Waals surface area contributed by atoms with Crippen LogP contribution in [0.3, 0.4) is 0 Å². The molecular weight excluding hydrogens is 330 g/mol. The van der Waals surface area contributed by atoms with Gasteiger partial charge >= 0.3 is 0 Å². The third-order valence-corrected chi connectivity index (χ3v) is 3.94. The van der Waals surface area contributed by atoms with E-state index in [0.29, 0.717) is 12.1 Å². The highest BCUT2D eigenvalue weighted by Crippen LogP contribution is 2.25. The normalized spacial score (nSPS) is 10.2. The van der Waals surface area contributed by atoms with Gasteiger partial charge in [0.2, 0.25) is 0 Å². The molecule has 2 aromatic rings. The second-order valence-corrected chi connectivity index (χ2v) is 5.67. The maximum atomic E-state index is 12.4. The van der Waals surface area contributed by atoms with Crippen molar-refractivity contribution in [2.75, 3.05) is 20.7 Å². The Morgan fingerprint density at radius 2 is 1.90 bits per heavy atom. The van der Waals surface area contributed by atoms with Crippen LogP contribution in [0.2, 0.25) is 0 Å². The van der Waals surface area contributed by atoms with Crippen LogP contribution in [0.1, 0.15) is 15.9 Å². The third-order valence-electron chi connectivity index (χ3n) is 3.32. The van der Waals surface area contributed by atoms with Gasteiger partial charge in [0.1, 0.15) is 5.75 Å². The number of hydrogen-bond donors (Lipinski definition) is 0. The fraction of sp³-hybridized carbons (Fsp3) is 0.235. The zero-order chi connectivity index (χ0) is 15.2. The topological polar surface area (TPSA) is 29.5 Å². The number of hydrogen-bond acceptors (Lipinski definition) is 2. The summed E-state index contributed by atoms with van der Waals surface area (Å²) >= 11 is 3.40. The van der Waals surface area contributed by atoms with Gasteiger partial charge in [-0.3, -0.25) is 4.79 Å². The van der Waals surface area contributed by atoms with Crippen molar-refractivity contribution in [1.82, 2.24) is 4.90 Å². The standard InChI is InChI=1S/C17H18BrNO2/c1-19(11-10-13-6-4-3-5-7-13)17(20)14-8-9-16(21-2)15(18)12-14/h3-9,12H,10-11H2,1-2H3. The van der Waals surface area contributed by atoms with Gasteiger partial charge in [-0.15, -0.1) is 0 Å². The summed E-state index contributed by atoms with van der Waals surface area (Å²) < 4.78 is 5.96. The van der Waals surface area contributed by atoms with Crippen molar-refractivity contribution < 1.29 is 9.53 Å². The first-order chi connectivity index (χ1) is 10.1. The number of benzene rings is 2. The summed E-state index contributed by atoms with van der Waals surface area (Å²) in [4.78, 5) is 14.1. The van der Waals surface area contributed by atoms with Crippen molar-refractivity contribution in [3.05, 3.63) is 64.1 Å². The molecule has 0 heterocycles. The Kier molecular flexibility index (Phi) is 5.39. The van der Waals surface area contributed by atoms with Crippen molar-refractivity contribution in [3.8, 4) is 5.75 Å². The molecule has 4 heteroatoms. The average Bonchev–Trinajstić information content (AvgIpc) is 2.52. The van der Waals surface area contributed by atoms with E-state index in [0.717, 1.165) is 16.6 Å². The van der Waals surface area contributed by atoms with E-state index >= 15 is 0 Å². The molecule has 21 heavy (non-hydrogen) atoms. The number of amides is 1. The second-order valence-electron chi connectivity index (χ2n) is 4.81. The van der Waals surface area contributed by atoms with Crippen LogP contribution in [-0.4, -0.2) is 31.5 Å². The molecule has 0 atom stereocenters. The third kappa shape index (κ3) is 4.08. The van der Waals surface area contributed by atoms with Gasteiger partial charge in [-0.25, -0.2) is 0 Å². The number of rotatable bonds is 5. The Balaban J connectivity index is 2.00. The minimum atomic E-state index is 0.00860. The molecule has 0 spiro atoms. The van der Waals surface area contributed by atoms with Gasteiger partial charge in [0, 0.05) is 19.2 Å². The first-order valence-corrected chi connectivity index (χ1v) is 7.54. The van der Waals surface area contributed by atoms with Gasteiger partial charge in [-0.2, -0.15) is 0 Å². The summed E-state index contributed by atoms with van der Waals surface area (Å²) in [5.41, 5.74) is 1.88. The van der Waals surface area contributed by atoms with Crippen LogP contribution in [0.4, 0.5) is 0 Å². The number of methoxy groups -OCH3 is 1. The van der Waals surface area contributed by atoms with Gasteiger partial charge in [0.25, 0.3) is 5.91 Å². The molecule has 110 valence electrons. The summed E-state index contributed by atoms with van der Waals surface area (Å²) in [7, 11) is 3.43. The molecule has 0 radical (unpaired) electrons. The van der Waals surface area contributed by atoms with Crippen LogP contribution in [0.15, 0.2) is 53.0 Å². The molecule has 0 aliphatic carbocycles. The lowest BCUT2D eigenvalue weighted by molar-refractivity contribution is 0.0796. The van der Waals surface area contributed by atoms with Crippen LogP contribution in [-0.2, 0) is 6.42 Å². The van der Waals surface area contributed by atoms with E-state index in [4.69, 9.17) is 4.74 Å². The van der Waals surface area contributed by atoms with Gasteiger partial charge in [-0.1, -0.05) is 30.3 Å². The van der Waals surface area contributed by atoms with Crippen LogP contribution < -0.4 is 4.74 Å². The number of carbonyl (C=O) groups excluding carboxylic acids is 1. The Labute approximate surface area is 133 Å². The molecule has 0 aromatic heterocycles. The van der Waals surface area contributed by atoms with Gasteiger partial charge in [-0.05, 0) is 46.1 Å². The van der Waals surface area contributed by atoms with E-state index < -0.39 is 0 Å². The molecule has 0 bridgehead atoms. The van der Waals surface area contributed by atoms with Crippen molar-refractivity contribution in [3.63, 3.8) is 0 Å². The van der Waals surface area contributed by atoms with Crippen LogP contribution >= 0.6 is 15.9 Å². The molecule has 0 aliphatic rings. The van der Waals surface area contributed by atoms with Crippen molar-refractivity contribution in [2.45, 2.75) is 6.42 Å². The quantitative estimate of drug-likeness (QED) is 0.823. The molecule has 0 unspecified atom stereocenters. The van der Waals surface area contributed by atoms with E-state index in [-0.39, 0.29) is 5.91 Å². The lowest BCUT2D eigenvalue weighted by Gasteiger charge is -2.17. The highest BCUT2D eigenvalue weighted by atomic mass is 79.9. The van der Waals surface area contributed by atoms with Crippen molar-refractivity contribution >= 4 is 21.8 Å². The molecule has 2 rings (SSSR count). The van der Waals surface area contributed by atoms with Gasteiger partial charge in [0.15, 0.2) is 0 Å². The predicted molar refractivity (Wildman–Crippen MR) is 87.8 cm³/mol. The summed E-state index contributed by atoms with van der Waals surface area (Å²) in [6.07, 6.45) is 0.848. The molecule has 0 saturated heterocycles. The van der Waals surface area contributed by atoms with E-state index in [1.807, 2.05) is 25.2 Å². The van der Waals surface area contributed by atoms with E-state index in [1.54, 1.807) is 30.2 Å². The lowest BCUT2D eigenvalue weighted by Crippen LogP contribution is -2.28. The largest absolute Gasteiger partial charge is 0.496 e. The first-order valence-electron chi connectivity index (χ1n) is 6.74. The number of carbonyl (C=O) groups is 1. The highest BCUT2D eigenvalue weighted by molar-refractivity contribution is 9.10.